The number of aromatic nitrogens is 1. The van der Waals surface area contributed by atoms with Gasteiger partial charge >= 0.3 is 0 Å². The minimum atomic E-state index is -0.0162. The number of benzene rings is 1. The predicted molar refractivity (Wildman–Crippen MR) is 64.2 cm³/mol. The normalized spacial score (nSPS) is 10.4. The molecule has 0 amide bonds. The summed E-state index contributed by atoms with van der Waals surface area (Å²) in [6.07, 6.45) is 1.83. The van der Waals surface area contributed by atoms with Crippen LogP contribution in [0.2, 0.25) is 10.0 Å². The van der Waals surface area contributed by atoms with E-state index in [-0.39, 0.29) is 6.61 Å². The minimum absolute atomic E-state index is 0.0162. The van der Waals surface area contributed by atoms with Gasteiger partial charge in [-0.3, -0.25) is 0 Å². The molecule has 1 aromatic heterocycles. The third-order valence-corrected chi connectivity index (χ3v) is 3.09. The number of nitriles is 1. The Balaban J connectivity index is 2.68. The minimum Gasteiger partial charge on any atom is -0.478 e. The van der Waals surface area contributed by atoms with Gasteiger partial charge in [0, 0.05) is 17.6 Å². The van der Waals surface area contributed by atoms with Crippen LogP contribution in [-0.2, 0) is 0 Å². The molecule has 0 fully saturated rings. The molecule has 0 atom stereocenters. The second-order valence-corrected chi connectivity index (χ2v) is 4.12. The van der Waals surface area contributed by atoms with E-state index >= 15 is 0 Å². The quantitative estimate of drug-likeness (QED) is 0.889. The lowest BCUT2D eigenvalue weighted by Gasteiger charge is -2.07. The van der Waals surface area contributed by atoms with E-state index in [1.165, 1.54) is 0 Å². The zero-order valence-corrected chi connectivity index (χ0v) is 9.99. The highest BCUT2D eigenvalue weighted by atomic mass is 35.5. The van der Waals surface area contributed by atoms with E-state index in [0.29, 0.717) is 15.8 Å². The number of H-pyrrole nitrogens is 1. The smallest absolute Gasteiger partial charge is 0.174 e. The lowest BCUT2D eigenvalue weighted by molar-refractivity contribution is 0.372. The van der Waals surface area contributed by atoms with Gasteiger partial charge in [-0.15, -0.1) is 0 Å². The van der Waals surface area contributed by atoms with E-state index in [2.05, 4.69) is 4.98 Å². The molecule has 16 heavy (non-hydrogen) atoms. The number of aromatic amines is 1. The lowest BCUT2D eigenvalue weighted by Crippen LogP contribution is -1.94. The summed E-state index contributed by atoms with van der Waals surface area (Å²) in [6, 6.07) is 3.55. The summed E-state index contributed by atoms with van der Waals surface area (Å²) in [5.74, 6) is 0.574. The van der Waals surface area contributed by atoms with Crippen molar-refractivity contribution in [2.75, 3.05) is 6.61 Å². The van der Waals surface area contributed by atoms with Crippen molar-refractivity contribution in [2.24, 2.45) is 0 Å². The number of rotatable bonds is 2. The SMILES string of the molecule is Cc1c[nH]c2c(Cl)c(Cl)cc(OCC#N)c12. The molecular formula is C11H8Cl2N2O. The Kier molecular flexibility index (Phi) is 2.95. The average molecular weight is 255 g/mol. The highest BCUT2D eigenvalue weighted by molar-refractivity contribution is 6.45. The van der Waals surface area contributed by atoms with Crippen molar-refractivity contribution < 1.29 is 4.74 Å². The van der Waals surface area contributed by atoms with Crippen LogP contribution in [0.15, 0.2) is 12.3 Å². The second kappa shape index (κ2) is 4.25. The first-order chi connectivity index (χ1) is 7.65. The molecule has 5 heteroatoms. The number of hydrogen-bond donors (Lipinski definition) is 1. The summed E-state index contributed by atoms with van der Waals surface area (Å²) < 4.78 is 5.32. The van der Waals surface area contributed by atoms with Crippen LogP contribution < -0.4 is 4.74 Å². The maximum Gasteiger partial charge on any atom is 0.174 e. The van der Waals surface area contributed by atoms with Crippen molar-refractivity contribution in [3.8, 4) is 11.8 Å². The van der Waals surface area contributed by atoms with Crippen molar-refractivity contribution in [2.45, 2.75) is 6.92 Å². The van der Waals surface area contributed by atoms with Crippen LogP contribution in [0.5, 0.6) is 5.75 Å². The average Bonchev–Trinajstić information content (AvgIpc) is 2.64. The number of hydrogen-bond acceptors (Lipinski definition) is 2. The van der Waals surface area contributed by atoms with Crippen LogP contribution in [0.25, 0.3) is 10.9 Å². The van der Waals surface area contributed by atoms with Gasteiger partial charge in [-0.1, -0.05) is 23.2 Å². The third-order valence-electron chi connectivity index (χ3n) is 2.30. The van der Waals surface area contributed by atoms with Crippen molar-refractivity contribution in [1.82, 2.24) is 4.98 Å². The summed E-state index contributed by atoms with van der Waals surface area (Å²) in [7, 11) is 0. The second-order valence-electron chi connectivity index (χ2n) is 3.34. The van der Waals surface area contributed by atoms with Crippen molar-refractivity contribution in [3.63, 3.8) is 0 Å². The van der Waals surface area contributed by atoms with Gasteiger partial charge in [0.05, 0.1) is 15.6 Å². The fraction of sp³-hybridized carbons (Fsp3) is 0.182. The molecule has 1 N–H and O–H groups in total. The number of nitrogens with one attached hydrogen (secondary N) is 1. The van der Waals surface area contributed by atoms with Gasteiger partial charge in [0.15, 0.2) is 6.61 Å². The van der Waals surface area contributed by atoms with Crippen LogP contribution in [0.1, 0.15) is 5.56 Å². The van der Waals surface area contributed by atoms with Gasteiger partial charge in [-0.05, 0) is 12.5 Å². The van der Waals surface area contributed by atoms with Crippen LogP contribution in [0.4, 0.5) is 0 Å². The Morgan fingerprint density at radius 1 is 1.50 bits per heavy atom. The molecule has 2 aromatic rings. The highest BCUT2D eigenvalue weighted by Gasteiger charge is 2.13. The standard InChI is InChI=1S/C11H8Cl2N2O/c1-6-5-15-11-9(6)8(16-3-2-14)4-7(12)10(11)13/h4-5,15H,3H2,1H3. The Labute approximate surface area is 103 Å². The summed E-state index contributed by atoms with van der Waals surface area (Å²) in [6.45, 7) is 1.92. The molecule has 2 rings (SSSR count). The third kappa shape index (κ3) is 1.71. The van der Waals surface area contributed by atoms with Crippen molar-refractivity contribution >= 4 is 34.1 Å². The maximum absolute atomic E-state index is 8.50. The first kappa shape index (κ1) is 11.1. The molecule has 1 heterocycles. The van der Waals surface area contributed by atoms with E-state index < -0.39 is 0 Å². The van der Waals surface area contributed by atoms with E-state index in [1.54, 1.807) is 6.07 Å². The largest absolute Gasteiger partial charge is 0.478 e. The van der Waals surface area contributed by atoms with Crippen LogP contribution in [0.3, 0.4) is 0 Å². The summed E-state index contributed by atoms with van der Waals surface area (Å²) in [5, 5.41) is 10.2. The Morgan fingerprint density at radius 3 is 2.94 bits per heavy atom. The Hall–Kier alpha value is -1.37. The van der Waals surface area contributed by atoms with Crippen LogP contribution >= 0.6 is 23.2 Å². The molecule has 0 spiro atoms. The molecule has 3 nitrogen and oxygen atoms in total. The van der Waals surface area contributed by atoms with Crippen LogP contribution in [-0.4, -0.2) is 11.6 Å². The number of fused-ring (bicyclic) bond motifs is 1. The number of ether oxygens (including phenoxy) is 1. The molecule has 1 aromatic carbocycles. The number of aryl methyl sites for hydroxylation is 1. The summed E-state index contributed by atoms with van der Waals surface area (Å²) >= 11 is 12.0. The van der Waals surface area contributed by atoms with Gasteiger partial charge in [0.2, 0.25) is 0 Å². The topological polar surface area (TPSA) is 48.8 Å². The molecule has 0 aliphatic carbocycles. The molecule has 0 unspecified atom stereocenters. The molecule has 82 valence electrons. The molecule has 0 saturated carbocycles. The summed E-state index contributed by atoms with van der Waals surface area (Å²) in [5.41, 5.74) is 1.74. The fourth-order valence-corrected chi connectivity index (χ4v) is 2.00. The molecule has 0 radical (unpaired) electrons. The van der Waals surface area contributed by atoms with Crippen molar-refractivity contribution in [1.29, 1.82) is 5.26 Å². The summed E-state index contributed by atoms with van der Waals surface area (Å²) in [4.78, 5) is 3.03. The van der Waals surface area contributed by atoms with E-state index in [1.807, 2.05) is 19.2 Å². The van der Waals surface area contributed by atoms with E-state index in [9.17, 15) is 0 Å². The fourth-order valence-electron chi connectivity index (χ4n) is 1.61. The van der Waals surface area contributed by atoms with Gasteiger partial charge in [-0.2, -0.15) is 5.26 Å². The zero-order valence-electron chi connectivity index (χ0n) is 8.47. The predicted octanol–water partition coefficient (Wildman–Crippen LogP) is 3.69. The number of nitrogens with zero attached hydrogens (tertiary/aromatic N) is 1. The van der Waals surface area contributed by atoms with Gasteiger partial charge in [0.25, 0.3) is 0 Å². The zero-order chi connectivity index (χ0) is 11.7. The molecule has 0 saturated heterocycles. The van der Waals surface area contributed by atoms with E-state index in [4.69, 9.17) is 33.2 Å². The van der Waals surface area contributed by atoms with Crippen molar-refractivity contribution in [3.05, 3.63) is 27.9 Å². The molecule has 0 aliphatic rings. The van der Waals surface area contributed by atoms with Gasteiger partial charge in [0.1, 0.15) is 11.8 Å². The van der Waals surface area contributed by atoms with Gasteiger partial charge < -0.3 is 9.72 Å². The highest BCUT2D eigenvalue weighted by Crippen LogP contribution is 2.38. The first-order valence-corrected chi connectivity index (χ1v) is 5.36. The molecule has 0 aliphatic heterocycles. The van der Waals surface area contributed by atoms with E-state index in [0.717, 1.165) is 16.5 Å². The van der Waals surface area contributed by atoms with Crippen LogP contribution in [0, 0.1) is 18.3 Å². The lowest BCUT2D eigenvalue weighted by atomic mass is 10.2. The molecule has 0 bridgehead atoms. The first-order valence-electron chi connectivity index (χ1n) is 4.60. The maximum atomic E-state index is 8.50. The van der Waals surface area contributed by atoms with Gasteiger partial charge in [-0.25, -0.2) is 0 Å². The monoisotopic (exact) mass is 254 g/mol. The number of halogens is 2. The Morgan fingerprint density at radius 2 is 2.25 bits per heavy atom. The Bertz CT molecular complexity index is 584. The molecular weight excluding hydrogens is 247 g/mol.